The third kappa shape index (κ3) is 6.26. The standard InChI is InChI=1S/C24H32F6N4O3/c1-34-14-12-22(34,23(25,26)27)17-5-2-3-7-19(17)36-20-18(6-4-13-31-20)33-21(35)32-15-8-10-16(11-9-15)37-24(28,29)30/h8-11,17-20,31H,2-7,12-14H2,1H3,(H2,32,33,35)/t17?,18?,19-,20?,22?/m1/s1. The van der Waals surface area contributed by atoms with Crippen molar-refractivity contribution in [3.8, 4) is 5.75 Å². The number of piperidine rings is 1. The maximum atomic E-state index is 14.3. The lowest BCUT2D eigenvalue weighted by molar-refractivity contribution is -0.297. The summed E-state index contributed by atoms with van der Waals surface area (Å²) in [6.45, 7) is 0.991. The summed E-state index contributed by atoms with van der Waals surface area (Å²) in [6, 6.07) is 3.60. The van der Waals surface area contributed by atoms with Gasteiger partial charge in [-0.2, -0.15) is 13.2 Å². The van der Waals surface area contributed by atoms with Crippen molar-refractivity contribution < 1.29 is 40.6 Å². The van der Waals surface area contributed by atoms with Gasteiger partial charge in [-0.25, -0.2) is 4.79 Å². The van der Waals surface area contributed by atoms with Crippen LogP contribution in [0.3, 0.4) is 0 Å². The van der Waals surface area contributed by atoms with Crippen LogP contribution in [-0.2, 0) is 4.74 Å². The number of carbonyl (C=O) groups excluding carboxylic acids is 1. The molecule has 1 aliphatic carbocycles. The average Bonchev–Trinajstić information content (AvgIpc) is 2.80. The van der Waals surface area contributed by atoms with Crippen LogP contribution in [0.15, 0.2) is 24.3 Å². The first kappa shape index (κ1) is 27.8. The normalized spacial score (nSPS) is 31.3. The molecule has 0 radical (unpaired) electrons. The van der Waals surface area contributed by atoms with E-state index < -0.39 is 54.1 Å². The molecular weight excluding hydrogens is 506 g/mol. The van der Waals surface area contributed by atoms with Gasteiger partial charge in [0.25, 0.3) is 0 Å². The maximum Gasteiger partial charge on any atom is 0.573 e. The molecule has 1 aromatic rings. The summed E-state index contributed by atoms with van der Waals surface area (Å²) in [5.74, 6) is -1.12. The first-order valence-electron chi connectivity index (χ1n) is 12.5. The number of alkyl halides is 6. The minimum absolute atomic E-state index is 0.0481. The fourth-order valence-electron chi connectivity index (χ4n) is 5.83. The molecule has 3 fully saturated rings. The number of ether oxygens (including phenoxy) is 2. The number of benzene rings is 1. The molecule has 4 unspecified atom stereocenters. The molecule has 208 valence electrons. The minimum atomic E-state index is -4.82. The lowest BCUT2D eigenvalue weighted by Crippen LogP contribution is -2.72. The zero-order valence-corrected chi connectivity index (χ0v) is 20.4. The molecule has 4 rings (SSSR count). The van der Waals surface area contributed by atoms with Crippen LogP contribution in [0.5, 0.6) is 5.75 Å². The van der Waals surface area contributed by atoms with Crippen molar-refractivity contribution in [2.24, 2.45) is 5.92 Å². The Hall–Kier alpha value is -2.25. The van der Waals surface area contributed by atoms with E-state index in [2.05, 4.69) is 20.7 Å². The zero-order chi connectivity index (χ0) is 26.8. The highest BCUT2D eigenvalue weighted by molar-refractivity contribution is 5.89. The van der Waals surface area contributed by atoms with Gasteiger partial charge in [0.15, 0.2) is 0 Å². The average molecular weight is 539 g/mol. The van der Waals surface area contributed by atoms with E-state index in [-0.39, 0.29) is 12.1 Å². The number of amides is 2. The molecule has 37 heavy (non-hydrogen) atoms. The van der Waals surface area contributed by atoms with E-state index in [1.54, 1.807) is 0 Å². The molecule has 1 saturated carbocycles. The second kappa shape index (κ2) is 10.9. The summed E-state index contributed by atoms with van der Waals surface area (Å²) < 4.78 is 89.9. The Morgan fingerprint density at radius 3 is 2.35 bits per heavy atom. The van der Waals surface area contributed by atoms with Gasteiger partial charge in [0.05, 0.1) is 12.1 Å². The van der Waals surface area contributed by atoms with Crippen LogP contribution >= 0.6 is 0 Å². The fourth-order valence-corrected chi connectivity index (χ4v) is 5.83. The number of halogens is 6. The maximum absolute atomic E-state index is 14.3. The van der Waals surface area contributed by atoms with Crippen molar-refractivity contribution in [1.29, 1.82) is 0 Å². The number of carbonyl (C=O) groups is 1. The third-order valence-electron chi connectivity index (χ3n) is 7.70. The van der Waals surface area contributed by atoms with Crippen LogP contribution < -0.4 is 20.7 Å². The quantitative estimate of drug-likeness (QED) is 0.445. The number of hydrogen-bond acceptors (Lipinski definition) is 5. The number of nitrogens with zero attached hydrogens (tertiary/aromatic N) is 1. The molecule has 2 aliphatic heterocycles. The molecule has 2 heterocycles. The van der Waals surface area contributed by atoms with Crippen molar-refractivity contribution >= 4 is 11.7 Å². The van der Waals surface area contributed by atoms with Gasteiger partial charge in [0.2, 0.25) is 0 Å². The minimum Gasteiger partial charge on any atom is -0.406 e. The SMILES string of the molecule is CN1CCC1(C1CCCC[C@H]1OC1NCCCC1NC(=O)Nc1ccc(OC(F)(F)F)cc1)C(F)(F)F. The van der Waals surface area contributed by atoms with E-state index in [1.165, 1.54) is 24.1 Å². The highest BCUT2D eigenvalue weighted by atomic mass is 19.4. The zero-order valence-electron chi connectivity index (χ0n) is 20.4. The van der Waals surface area contributed by atoms with E-state index in [9.17, 15) is 31.1 Å². The van der Waals surface area contributed by atoms with Gasteiger partial charge in [0.1, 0.15) is 17.5 Å². The van der Waals surface area contributed by atoms with E-state index in [4.69, 9.17) is 4.74 Å². The number of rotatable bonds is 6. The van der Waals surface area contributed by atoms with Gasteiger partial charge in [-0.1, -0.05) is 12.8 Å². The largest absolute Gasteiger partial charge is 0.573 e. The molecule has 3 aliphatic rings. The molecule has 0 bridgehead atoms. The van der Waals surface area contributed by atoms with Crippen LogP contribution in [0.1, 0.15) is 44.9 Å². The highest BCUT2D eigenvalue weighted by Gasteiger charge is 2.67. The molecule has 0 aromatic heterocycles. The van der Waals surface area contributed by atoms with Gasteiger partial charge < -0.3 is 20.1 Å². The summed E-state index contributed by atoms with van der Waals surface area (Å²) in [4.78, 5) is 14.0. The lowest BCUT2D eigenvalue weighted by atomic mass is 9.66. The van der Waals surface area contributed by atoms with Gasteiger partial charge in [0, 0.05) is 18.2 Å². The summed E-state index contributed by atoms with van der Waals surface area (Å²) in [5, 5.41) is 8.54. The fraction of sp³-hybridized carbons (Fsp3) is 0.708. The Labute approximate surface area is 211 Å². The number of nitrogens with one attached hydrogen (secondary N) is 3. The monoisotopic (exact) mass is 538 g/mol. The van der Waals surface area contributed by atoms with E-state index in [0.29, 0.717) is 38.8 Å². The van der Waals surface area contributed by atoms with E-state index in [1.807, 2.05) is 0 Å². The topological polar surface area (TPSA) is 74.9 Å². The summed E-state index contributed by atoms with van der Waals surface area (Å²) >= 11 is 0. The second-order valence-corrected chi connectivity index (χ2v) is 9.95. The first-order chi connectivity index (χ1) is 17.4. The Morgan fingerprint density at radius 2 is 1.76 bits per heavy atom. The second-order valence-electron chi connectivity index (χ2n) is 9.95. The predicted molar refractivity (Wildman–Crippen MR) is 123 cm³/mol. The summed E-state index contributed by atoms with van der Waals surface area (Å²) in [5.41, 5.74) is -1.64. The third-order valence-corrected chi connectivity index (χ3v) is 7.70. The van der Waals surface area contributed by atoms with E-state index >= 15 is 0 Å². The van der Waals surface area contributed by atoms with Gasteiger partial charge in [-0.05, 0) is 70.0 Å². The molecule has 0 spiro atoms. The molecule has 2 saturated heterocycles. The van der Waals surface area contributed by atoms with Crippen LogP contribution in [0, 0.1) is 5.92 Å². The molecule has 13 heteroatoms. The summed E-state index contributed by atoms with van der Waals surface area (Å²) in [6.07, 6.45) is -6.69. The molecule has 7 nitrogen and oxygen atoms in total. The van der Waals surface area contributed by atoms with Gasteiger partial charge in [-0.15, -0.1) is 13.2 Å². The Balaban J connectivity index is 1.39. The number of anilines is 1. The molecule has 1 aromatic carbocycles. The van der Waals surface area contributed by atoms with Crippen molar-refractivity contribution in [1.82, 2.24) is 15.5 Å². The van der Waals surface area contributed by atoms with Crippen molar-refractivity contribution in [2.45, 2.75) is 81.4 Å². The number of urea groups is 1. The van der Waals surface area contributed by atoms with Gasteiger partial charge >= 0.3 is 18.6 Å². The molecular formula is C24H32F6N4O3. The lowest BCUT2D eigenvalue weighted by Gasteiger charge is -2.58. The van der Waals surface area contributed by atoms with Crippen LogP contribution in [0.4, 0.5) is 36.8 Å². The van der Waals surface area contributed by atoms with Crippen molar-refractivity contribution in [2.75, 3.05) is 25.5 Å². The smallest absolute Gasteiger partial charge is 0.406 e. The summed E-state index contributed by atoms with van der Waals surface area (Å²) in [7, 11) is 1.51. The first-order valence-corrected chi connectivity index (χ1v) is 12.5. The van der Waals surface area contributed by atoms with Crippen LogP contribution in [-0.4, -0.2) is 67.5 Å². The van der Waals surface area contributed by atoms with E-state index in [0.717, 1.165) is 25.0 Å². The van der Waals surface area contributed by atoms with Crippen LogP contribution in [0.25, 0.3) is 0 Å². The Bertz CT molecular complexity index is 929. The number of likely N-dealkylation sites (tertiary alicyclic amines) is 1. The number of hydrogen-bond donors (Lipinski definition) is 3. The Kier molecular flexibility index (Phi) is 8.15. The molecule has 2 amide bonds. The van der Waals surface area contributed by atoms with Crippen molar-refractivity contribution in [3.63, 3.8) is 0 Å². The van der Waals surface area contributed by atoms with Crippen molar-refractivity contribution in [3.05, 3.63) is 24.3 Å². The Morgan fingerprint density at radius 1 is 1.05 bits per heavy atom. The molecule has 3 N–H and O–H groups in total. The predicted octanol–water partition coefficient (Wildman–Crippen LogP) is 5.00. The van der Waals surface area contributed by atoms with Gasteiger partial charge in [-0.3, -0.25) is 10.2 Å². The highest BCUT2D eigenvalue weighted by Crippen LogP contribution is 2.53. The van der Waals surface area contributed by atoms with Crippen LogP contribution in [0.2, 0.25) is 0 Å². The molecule has 5 atom stereocenters.